The van der Waals surface area contributed by atoms with Gasteiger partial charge in [-0.25, -0.2) is 0 Å². The van der Waals surface area contributed by atoms with Gasteiger partial charge in [-0.05, 0) is 37.3 Å². The number of pyridine rings is 1. The van der Waals surface area contributed by atoms with Crippen LogP contribution in [0.3, 0.4) is 0 Å². The van der Waals surface area contributed by atoms with Crippen LogP contribution in [0.1, 0.15) is 16.1 Å². The standard InChI is InChI=1S/C22H17N3O5/c1-13-12-19(24-30-13)25-9-8-14-15(22(25)27)4-2-6-17(14)23-21(26)16-5-3-7-18-20(16)29-11-10-28-18/h2-9,12H,10-11H2,1H3,(H,23,26). The van der Waals surface area contributed by atoms with Crippen LogP contribution in [0.4, 0.5) is 5.69 Å². The van der Waals surface area contributed by atoms with Crippen molar-refractivity contribution in [2.24, 2.45) is 0 Å². The van der Waals surface area contributed by atoms with Gasteiger partial charge in [-0.3, -0.25) is 14.2 Å². The molecule has 3 heterocycles. The Morgan fingerprint density at radius 2 is 1.90 bits per heavy atom. The number of para-hydroxylation sites is 1. The first-order valence-corrected chi connectivity index (χ1v) is 9.40. The second-order valence-electron chi connectivity index (χ2n) is 6.84. The quantitative estimate of drug-likeness (QED) is 0.564. The molecule has 2 aromatic carbocycles. The highest BCUT2D eigenvalue weighted by atomic mass is 16.6. The number of anilines is 1. The molecular formula is C22H17N3O5. The minimum atomic E-state index is -0.346. The molecule has 0 aliphatic carbocycles. The second-order valence-corrected chi connectivity index (χ2v) is 6.84. The molecular weight excluding hydrogens is 386 g/mol. The van der Waals surface area contributed by atoms with E-state index >= 15 is 0 Å². The topological polar surface area (TPSA) is 95.6 Å². The van der Waals surface area contributed by atoms with Crippen LogP contribution >= 0.6 is 0 Å². The molecule has 8 nitrogen and oxygen atoms in total. The van der Waals surface area contributed by atoms with Crippen LogP contribution in [0.2, 0.25) is 0 Å². The van der Waals surface area contributed by atoms with E-state index in [2.05, 4.69) is 10.5 Å². The number of hydrogen-bond donors (Lipinski definition) is 1. The van der Waals surface area contributed by atoms with Crippen LogP contribution in [0.5, 0.6) is 11.5 Å². The maximum Gasteiger partial charge on any atom is 0.264 e. The second kappa shape index (κ2) is 7.07. The predicted molar refractivity (Wildman–Crippen MR) is 110 cm³/mol. The number of carbonyl (C=O) groups excluding carboxylic acids is 1. The van der Waals surface area contributed by atoms with Crippen LogP contribution < -0.4 is 20.3 Å². The summed E-state index contributed by atoms with van der Waals surface area (Å²) in [6.45, 7) is 2.58. The normalized spacial score (nSPS) is 12.7. The SMILES string of the molecule is Cc1cc(-n2ccc3c(NC(=O)c4cccc5c4OCCO5)cccc3c2=O)no1. The van der Waals surface area contributed by atoms with E-state index in [1.807, 2.05) is 0 Å². The van der Waals surface area contributed by atoms with Gasteiger partial charge in [-0.15, -0.1) is 0 Å². The van der Waals surface area contributed by atoms with Crippen molar-refractivity contribution in [1.29, 1.82) is 0 Å². The number of ether oxygens (including phenoxy) is 2. The number of nitrogens with one attached hydrogen (secondary N) is 1. The molecule has 4 aromatic rings. The van der Waals surface area contributed by atoms with E-state index in [9.17, 15) is 9.59 Å². The van der Waals surface area contributed by atoms with Crippen molar-refractivity contribution in [2.45, 2.75) is 6.92 Å². The summed E-state index contributed by atoms with van der Waals surface area (Å²) in [5, 5.41) is 7.85. The fourth-order valence-electron chi connectivity index (χ4n) is 3.48. The third-order valence-electron chi connectivity index (χ3n) is 4.87. The average Bonchev–Trinajstić information content (AvgIpc) is 3.20. The highest BCUT2D eigenvalue weighted by molar-refractivity contribution is 6.10. The zero-order valence-electron chi connectivity index (χ0n) is 16.0. The van der Waals surface area contributed by atoms with E-state index in [4.69, 9.17) is 14.0 Å². The fraction of sp³-hybridized carbons (Fsp3) is 0.136. The van der Waals surface area contributed by atoms with Gasteiger partial charge in [-0.2, -0.15) is 0 Å². The van der Waals surface area contributed by atoms with E-state index in [0.29, 0.717) is 58.3 Å². The van der Waals surface area contributed by atoms with Gasteiger partial charge in [0.15, 0.2) is 17.3 Å². The number of aryl methyl sites for hydroxylation is 1. The molecule has 1 amide bonds. The molecule has 8 heteroatoms. The minimum absolute atomic E-state index is 0.259. The third kappa shape index (κ3) is 2.98. The Kier molecular flexibility index (Phi) is 4.24. The third-order valence-corrected chi connectivity index (χ3v) is 4.87. The van der Waals surface area contributed by atoms with Gasteiger partial charge in [0.05, 0.1) is 5.56 Å². The maximum absolute atomic E-state index is 13.0. The highest BCUT2D eigenvalue weighted by Crippen LogP contribution is 2.34. The van der Waals surface area contributed by atoms with E-state index < -0.39 is 0 Å². The molecule has 5 rings (SSSR count). The van der Waals surface area contributed by atoms with Gasteiger partial charge in [0.1, 0.15) is 19.0 Å². The summed E-state index contributed by atoms with van der Waals surface area (Å²) >= 11 is 0. The lowest BCUT2D eigenvalue weighted by Gasteiger charge is -2.20. The Labute approximate surface area is 170 Å². The van der Waals surface area contributed by atoms with Gasteiger partial charge in [0.25, 0.3) is 11.5 Å². The van der Waals surface area contributed by atoms with Crippen molar-refractivity contribution in [3.05, 3.63) is 76.4 Å². The molecule has 0 spiro atoms. The molecule has 2 aromatic heterocycles. The molecule has 0 atom stereocenters. The summed E-state index contributed by atoms with van der Waals surface area (Å²) in [5.41, 5.74) is 0.633. The van der Waals surface area contributed by atoms with E-state index in [-0.39, 0.29) is 11.5 Å². The maximum atomic E-state index is 13.0. The zero-order valence-corrected chi connectivity index (χ0v) is 16.0. The number of amides is 1. The molecule has 30 heavy (non-hydrogen) atoms. The van der Waals surface area contributed by atoms with Crippen molar-refractivity contribution >= 4 is 22.4 Å². The lowest BCUT2D eigenvalue weighted by Crippen LogP contribution is -2.21. The zero-order chi connectivity index (χ0) is 20.7. The van der Waals surface area contributed by atoms with Crippen LogP contribution in [0, 0.1) is 6.92 Å². The molecule has 0 saturated carbocycles. The van der Waals surface area contributed by atoms with Crippen molar-refractivity contribution < 1.29 is 18.8 Å². The van der Waals surface area contributed by atoms with Crippen molar-refractivity contribution in [3.8, 4) is 17.3 Å². The summed E-state index contributed by atoms with van der Waals surface area (Å²) in [4.78, 5) is 25.9. The first-order valence-electron chi connectivity index (χ1n) is 9.40. The molecule has 0 unspecified atom stereocenters. The molecule has 1 N–H and O–H groups in total. The van der Waals surface area contributed by atoms with Crippen molar-refractivity contribution in [1.82, 2.24) is 9.72 Å². The monoisotopic (exact) mass is 403 g/mol. The van der Waals surface area contributed by atoms with Gasteiger partial charge in [0.2, 0.25) is 0 Å². The van der Waals surface area contributed by atoms with Crippen LogP contribution in [0.15, 0.2) is 64.0 Å². The Balaban J connectivity index is 1.53. The number of nitrogens with zero attached hydrogens (tertiary/aromatic N) is 2. The summed E-state index contributed by atoms with van der Waals surface area (Å²) < 4.78 is 17.7. The molecule has 1 aliphatic heterocycles. The summed E-state index contributed by atoms with van der Waals surface area (Å²) in [6, 6.07) is 13.8. The number of benzene rings is 2. The largest absolute Gasteiger partial charge is 0.486 e. The Morgan fingerprint density at radius 3 is 2.73 bits per heavy atom. The fourth-order valence-corrected chi connectivity index (χ4v) is 3.48. The number of fused-ring (bicyclic) bond motifs is 2. The molecule has 0 fully saturated rings. The molecule has 0 bridgehead atoms. The Morgan fingerprint density at radius 1 is 1.07 bits per heavy atom. The summed E-state index contributed by atoms with van der Waals surface area (Å²) in [5.74, 6) is 1.63. The first kappa shape index (κ1) is 18.0. The number of carbonyl (C=O) groups is 1. The highest BCUT2D eigenvalue weighted by Gasteiger charge is 2.21. The lowest BCUT2D eigenvalue weighted by molar-refractivity contribution is 0.101. The molecule has 1 aliphatic rings. The van der Waals surface area contributed by atoms with E-state index in [0.717, 1.165) is 0 Å². The van der Waals surface area contributed by atoms with Crippen molar-refractivity contribution in [3.63, 3.8) is 0 Å². The Hall–Kier alpha value is -4.07. The number of hydrogen-bond acceptors (Lipinski definition) is 6. The van der Waals surface area contributed by atoms with Gasteiger partial charge in [0, 0.05) is 28.7 Å². The minimum Gasteiger partial charge on any atom is -0.486 e. The summed E-state index contributed by atoms with van der Waals surface area (Å²) in [7, 11) is 0. The molecule has 0 radical (unpaired) electrons. The predicted octanol–water partition coefficient (Wildman–Crippen LogP) is 3.31. The van der Waals surface area contributed by atoms with E-state index in [1.54, 1.807) is 61.7 Å². The van der Waals surface area contributed by atoms with Crippen molar-refractivity contribution in [2.75, 3.05) is 18.5 Å². The van der Waals surface area contributed by atoms with Gasteiger partial charge >= 0.3 is 0 Å². The smallest absolute Gasteiger partial charge is 0.264 e. The van der Waals surface area contributed by atoms with Gasteiger partial charge in [-0.1, -0.05) is 17.3 Å². The summed E-state index contributed by atoms with van der Waals surface area (Å²) in [6.07, 6.45) is 1.61. The number of aromatic nitrogens is 2. The lowest BCUT2D eigenvalue weighted by atomic mass is 10.1. The first-order chi connectivity index (χ1) is 14.6. The molecule has 150 valence electrons. The Bertz CT molecular complexity index is 1340. The van der Waals surface area contributed by atoms with Crippen LogP contribution in [-0.2, 0) is 0 Å². The average molecular weight is 403 g/mol. The van der Waals surface area contributed by atoms with Crippen LogP contribution in [0.25, 0.3) is 16.6 Å². The molecule has 0 saturated heterocycles. The van der Waals surface area contributed by atoms with Crippen LogP contribution in [-0.4, -0.2) is 28.8 Å². The van der Waals surface area contributed by atoms with E-state index in [1.165, 1.54) is 4.57 Å². The number of rotatable bonds is 3. The van der Waals surface area contributed by atoms with Gasteiger partial charge < -0.3 is 19.3 Å².